The van der Waals surface area contributed by atoms with Crippen LogP contribution in [0.3, 0.4) is 0 Å². The van der Waals surface area contributed by atoms with Gasteiger partial charge in [0.2, 0.25) is 0 Å². The zero-order chi connectivity index (χ0) is 16.4. The third-order valence-electron chi connectivity index (χ3n) is 5.08. The first-order valence-electron chi connectivity index (χ1n) is 8.52. The van der Waals surface area contributed by atoms with Crippen molar-refractivity contribution in [2.45, 2.75) is 32.5 Å². The van der Waals surface area contributed by atoms with E-state index in [1.165, 1.54) is 16.7 Å². The molecule has 1 aromatic carbocycles. The number of likely N-dealkylation sites (N-methyl/N-ethyl adjacent to an activating group) is 1. The normalized spacial score (nSPS) is 22.7. The fraction of sp³-hybridized carbons (Fsp3) is 0.667. The molecule has 0 radical (unpaired) electrons. The first-order valence-corrected chi connectivity index (χ1v) is 8.52. The van der Waals surface area contributed by atoms with Crippen molar-refractivity contribution in [2.24, 2.45) is 0 Å². The van der Waals surface area contributed by atoms with Gasteiger partial charge in [0.1, 0.15) is 11.5 Å². The lowest BCUT2D eigenvalue weighted by molar-refractivity contribution is 0.147. The molecule has 1 N–H and O–H groups in total. The van der Waals surface area contributed by atoms with Crippen molar-refractivity contribution in [3.8, 4) is 11.5 Å². The number of benzene rings is 1. The van der Waals surface area contributed by atoms with Gasteiger partial charge in [0.25, 0.3) is 0 Å². The van der Waals surface area contributed by atoms with Crippen LogP contribution in [0.25, 0.3) is 0 Å². The summed E-state index contributed by atoms with van der Waals surface area (Å²) in [5.74, 6) is 2.05. The summed E-state index contributed by atoms with van der Waals surface area (Å²) in [6.07, 6.45) is 0.992. The highest BCUT2D eigenvalue weighted by Gasteiger charge is 2.26. The van der Waals surface area contributed by atoms with Crippen LogP contribution in [0.4, 0.5) is 0 Å². The van der Waals surface area contributed by atoms with E-state index >= 15 is 0 Å². The molecule has 0 amide bonds. The third kappa shape index (κ3) is 3.47. The highest BCUT2D eigenvalue weighted by Crippen LogP contribution is 2.38. The van der Waals surface area contributed by atoms with Crippen molar-refractivity contribution >= 4 is 0 Å². The minimum Gasteiger partial charge on any atom is -0.496 e. The van der Waals surface area contributed by atoms with Crippen LogP contribution in [-0.4, -0.2) is 63.3 Å². The highest BCUT2D eigenvalue weighted by molar-refractivity contribution is 5.55. The largest absolute Gasteiger partial charge is 0.496 e. The van der Waals surface area contributed by atoms with E-state index in [0.29, 0.717) is 6.04 Å². The molecule has 0 aromatic heterocycles. The SMILES string of the molecule is COc1cc(CN2CCN(C)CC2)c(OC)c2c1CNC(C)C2. The molecule has 0 aliphatic carbocycles. The number of nitrogens with one attached hydrogen (secondary N) is 1. The number of hydrogen-bond acceptors (Lipinski definition) is 5. The Kier molecular flexibility index (Phi) is 5.09. The van der Waals surface area contributed by atoms with Crippen molar-refractivity contribution in [2.75, 3.05) is 47.4 Å². The number of ether oxygens (including phenoxy) is 2. The molecule has 0 bridgehead atoms. The predicted molar refractivity (Wildman–Crippen MR) is 92.3 cm³/mol. The summed E-state index contributed by atoms with van der Waals surface area (Å²) in [4.78, 5) is 4.89. The molecular weight excluding hydrogens is 290 g/mol. The first-order chi connectivity index (χ1) is 11.1. The topological polar surface area (TPSA) is 37.0 Å². The van der Waals surface area contributed by atoms with E-state index in [9.17, 15) is 0 Å². The summed E-state index contributed by atoms with van der Waals surface area (Å²) in [6, 6.07) is 2.65. The number of rotatable bonds is 4. The van der Waals surface area contributed by atoms with Gasteiger partial charge in [-0.05, 0) is 26.5 Å². The number of hydrogen-bond donors (Lipinski definition) is 1. The molecule has 5 heteroatoms. The molecule has 1 saturated heterocycles. The van der Waals surface area contributed by atoms with Gasteiger partial charge in [-0.2, -0.15) is 0 Å². The molecule has 1 atom stereocenters. The number of methoxy groups -OCH3 is 2. The second-order valence-electron chi connectivity index (χ2n) is 6.79. The zero-order valence-electron chi connectivity index (χ0n) is 14.8. The lowest BCUT2D eigenvalue weighted by Gasteiger charge is -2.34. The molecule has 1 fully saturated rings. The number of fused-ring (bicyclic) bond motifs is 1. The fourth-order valence-corrected chi connectivity index (χ4v) is 3.66. The van der Waals surface area contributed by atoms with Gasteiger partial charge in [-0.3, -0.25) is 4.90 Å². The molecule has 128 valence electrons. The lowest BCUT2D eigenvalue weighted by atomic mass is 9.92. The Morgan fingerprint density at radius 1 is 1.13 bits per heavy atom. The zero-order valence-corrected chi connectivity index (χ0v) is 14.8. The molecule has 23 heavy (non-hydrogen) atoms. The Hall–Kier alpha value is -1.30. The van der Waals surface area contributed by atoms with Crippen LogP contribution in [0.5, 0.6) is 11.5 Å². The molecule has 2 aliphatic rings. The minimum atomic E-state index is 0.472. The maximum atomic E-state index is 5.83. The second kappa shape index (κ2) is 7.07. The summed E-state index contributed by atoms with van der Waals surface area (Å²) < 4.78 is 11.5. The van der Waals surface area contributed by atoms with Crippen molar-refractivity contribution in [3.05, 3.63) is 22.8 Å². The van der Waals surface area contributed by atoms with E-state index in [4.69, 9.17) is 9.47 Å². The Bertz CT molecular complexity index is 554. The average Bonchev–Trinajstić information content (AvgIpc) is 2.56. The van der Waals surface area contributed by atoms with E-state index in [2.05, 4.69) is 35.2 Å². The highest BCUT2D eigenvalue weighted by atomic mass is 16.5. The van der Waals surface area contributed by atoms with Crippen LogP contribution in [0.2, 0.25) is 0 Å². The summed E-state index contributed by atoms with van der Waals surface area (Å²) in [6.45, 7) is 8.49. The second-order valence-corrected chi connectivity index (χ2v) is 6.79. The van der Waals surface area contributed by atoms with E-state index in [1.54, 1.807) is 14.2 Å². The molecule has 3 rings (SSSR count). The Morgan fingerprint density at radius 2 is 1.87 bits per heavy atom. The van der Waals surface area contributed by atoms with Gasteiger partial charge in [0, 0.05) is 62.0 Å². The predicted octanol–water partition coefficient (Wildman–Crippen LogP) is 1.49. The third-order valence-corrected chi connectivity index (χ3v) is 5.08. The average molecular weight is 319 g/mol. The van der Waals surface area contributed by atoms with Gasteiger partial charge < -0.3 is 19.7 Å². The van der Waals surface area contributed by atoms with Gasteiger partial charge in [0.15, 0.2) is 0 Å². The van der Waals surface area contributed by atoms with Gasteiger partial charge in [-0.15, -0.1) is 0 Å². The Balaban J connectivity index is 1.91. The fourth-order valence-electron chi connectivity index (χ4n) is 3.66. The quantitative estimate of drug-likeness (QED) is 0.910. The molecule has 5 nitrogen and oxygen atoms in total. The molecule has 1 unspecified atom stereocenters. The van der Waals surface area contributed by atoms with Crippen LogP contribution < -0.4 is 14.8 Å². The molecule has 2 heterocycles. The van der Waals surface area contributed by atoms with E-state index in [-0.39, 0.29) is 0 Å². The van der Waals surface area contributed by atoms with Gasteiger partial charge in [-0.1, -0.05) is 0 Å². The molecule has 2 aliphatic heterocycles. The van der Waals surface area contributed by atoms with Crippen LogP contribution >= 0.6 is 0 Å². The van der Waals surface area contributed by atoms with E-state index < -0.39 is 0 Å². The standard InChI is InChI=1S/C18H29N3O2/c1-13-9-15-16(11-19-13)17(22-3)10-14(18(15)23-4)12-21-7-5-20(2)6-8-21/h10,13,19H,5-9,11-12H2,1-4H3. The summed E-state index contributed by atoms with van der Waals surface area (Å²) in [5.41, 5.74) is 3.83. The monoisotopic (exact) mass is 319 g/mol. The maximum Gasteiger partial charge on any atom is 0.127 e. The van der Waals surface area contributed by atoms with E-state index in [1.807, 2.05) is 0 Å². The summed E-state index contributed by atoms with van der Waals surface area (Å²) in [5, 5.41) is 3.52. The van der Waals surface area contributed by atoms with Gasteiger partial charge >= 0.3 is 0 Å². The number of nitrogens with zero attached hydrogens (tertiary/aromatic N) is 2. The molecule has 0 spiro atoms. The van der Waals surface area contributed by atoms with Crippen LogP contribution in [0.15, 0.2) is 6.07 Å². The number of piperazine rings is 1. The van der Waals surface area contributed by atoms with Crippen LogP contribution in [0.1, 0.15) is 23.6 Å². The van der Waals surface area contributed by atoms with Crippen molar-refractivity contribution in [1.82, 2.24) is 15.1 Å². The lowest BCUT2D eigenvalue weighted by Crippen LogP contribution is -2.44. The summed E-state index contributed by atoms with van der Waals surface area (Å²) >= 11 is 0. The minimum absolute atomic E-state index is 0.472. The van der Waals surface area contributed by atoms with Crippen LogP contribution in [0, 0.1) is 0 Å². The Labute approximate surface area is 139 Å². The summed E-state index contributed by atoms with van der Waals surface area (Å²) in [7, 11) is 5.75. The molecule has 1 aromatic rings. The van der Waals surface area contributed by atoms with Crippen molar-refractivity contribution < 1.29 is 9.47 Å². The van der Waals surface area contributed by atoms with Crippen molar-refractivity contribution in [1.29, 1.82) is 0 Å². The smallest absolute Gasteiger partial charge is 0.127 e. The maximum absolute atomic E-state index is 5.83. The van der Waals surface area contributed by atoms with Gasteiger partial charge in [0.05, 0.1) is 14.2 Å². The van der Waals surface area contributed by atoms with E-state index in [0.717, 1.165) is 57.2 Å². The van der Waals surface area contributed by atoms with Gasteiger partial charge in [-0.25, -0.2) is 0 Å². The Morgan fingerprint density at radius 3 is 2.52 bits per heavy atom. The molecule has 0 saturated carbocycles. The van der Waals surface area contributed by atoms with Crippen LogP contribution in [-0.2, 0) is 19.5 Å². The molecular formula is C18H29N3O2. The first kappa shape index (κ1) is 16.6. The van der Waals surface area contributed by atoms with Crippen molar-refractivity contribution in [3.63, 3.8) is 0 Å².